The number of hydrogen-bond donors (Lipinski definition) is 2. The van der Waals surface area contributed by atoms with Gasteiger partial charge in [0.25, 0.3) is 0 Å². The third kappa shape index (κ3) is 2.32. The van der Waals surface area contributed by atoms with Crippen LogP contribution < -0.4 is 5.32 Å². The van der Waals surface area contributed by atoms with Crippen LogP contribution in [0.25, 0.3) is 0 Å². The first-order chi connectivity index (χ1) is 8.75. The highest BCUT2D eigenvalue weighted by Crippen LogP contribution is 2.58. The van der Waals surface area contributed by atoms with Gasteiger partial charge in [-0.3, -0.25) is 9.59 Å². The molecule has 19 heavy (non-hydrogen) atoms. The summed E-state index contributed by atoms with van der Waals surface area (Å²) in [6, 6.07) is 4.40. The Bertz CT molecular complexity index is 554. The van der Waals surface area contributed by atoms with Gasteiger partial charge in [-0.1, -0.05) is 19.9 Å². The second-order valence-corrected chi connectivity index (χ2v) is 5.59. The fourth-order valence-electron chi connectivity index (χ4n) is 2.53. The summed E-state index contributed by atoms with van der Waals surface area (Å²) in [7, 11) is 0. The van der Waals surface area contributed by atoms with Gasteiger partial charge in [-0.05, 0) is 30.0 Å². The molecule has 0 heterocycles. The maximum atomic E-state index is 13.5. The third-order valence-electron chi connectivity index (χ3n) is 3.76. The summed E-state index contributed by atoms with van der Waals surface area (Å²) in [5.41, 5.74) is 0.328. The molecule has 1 fully saturated rings. The minimum absolute atomic E-state index is 0.0943. The Balaban J connectivity index is 2.15. The molecule has 0 spiro atoms. The van der Waals surface area contributed by atoms with Crippen LogP contribution in [0.1, 0.15) is 19.4 Å². The van der Waals surface area contributed by atoms with Crippen LogP contribution in [0.5, 0.6) is 0 Å². The fourth-order valence-corrected chi connectivity index (χ4v) is 2.53. The van der Waals surface area contributed by atoms with Crippen molar-refractivity contribution in [3.8, 4) is 0 Å². The Hall–Kier alpha value is -1.91. The molecular weight excluding hydrogens is 249 g/mol. The van der Waals surface area contributed by atoms with Gasteiger partial charge < -0.3 is 10.4 Å². The van der Waals surface area contributed by atoms with Crippen LogP contribution in [0.4, 0.5) is 10.1 Å². The zero-order chi connectivity index (χ0) is 14.4. The van der Waals surface area contributed by atoms with Crippen LogP contribution in [0, 0.1) is 30.0 Å². The van der Waals surface area contributed by atoms with E-state index in [1.54, 1.807) is 26.8 Å². The number of carboxylic acid groups (broad SMARTS) is 1. The Morgan fingerprint density at radius 3 is 2.47 bits per heavy atom. The summed E-state index contributed by atoms with van der Waals surface area (Å²) < 4.78 is 13.5. The minimum Gasteiger partial charge on any atom is -0.481 e. The number of anilines is 1. The summed E-state index contributed by atoms with van der Waals surface area (Å²) in [4.78, 5) is 23.0. The molecule has 102 valence electrons. The van der Waals surface area contributed by atoms with Crippen molar-refractivity contribution in [3.63, 3.8) is 0 Å². The molecule has 2 rings (SSSR count). The lowest BCUT2D eigenvalue weighted by atomic mass is 10.1. The van der Waals surface area contributed by atoms with Crippen molar-refractivity contribution in [1.29, 1.82) is 0 Å². The maximum Gasteiger partial charge on any atom is 0.307 e. The largest absolute Gasteiger partial charge is 0.481 e. The Labute approximate surface area is 110 Å². The zero-order valence-electron chi connectivity index (χ0n) is 11.0. The molecule has 1 aromatic carbocycles. The second-order valence-electron chi connectivity index (χ2n) is 5.59. The highest BCUT2D eigenvalue weighted by molar-refractivity contribution is 5.99. The van der Waals surface area contributed by atoms with E-state index < -0.39 is 34.9 Å². The van der Waals surface area contributed by atoms with Crippen LogP contribution in [-0.2, 0) is 9.59 Å². The van der Waals surface area contributed by atoms with Gasteiger partial charge in [0.05, 0.1) is 17.5 Å². The number of benzene rings is 1. The van der Waals surface area contributed by atoms with Gasteiger partial charge in [0, 0.05) is 0 Å². The lowest BCUT2D eigenvalue weighted by Crippen LogP contribution is -2.18. The van der Waals surface area contributed by atoms with E-state index in [0.717, 1.165) is 5.56 Å². The van der Waals surface area contributed by atoms with Gasteiger partial charge >= 0.3 is 5.97 Å². The lowest BCUT2D eigenvalue weighted by Gasteiger charge is -2.08. The predicted octanol–water partition coefficient (Wildman–Crippen LogP) is 2.43. The van der Waals surface area contributed by atoms with Crippen LogP contribution in [0.15, 0.2) is 18.2 Å². The molecule has 5 heteroatoms. The predicted molar refractivity (Wildman–Crippen MR) is 68.2 cm³/mol. The third-order valence-corrected chi connectivity index (χ3v) is 3.76. The van der Waals surface area contributed by atoms with Crippen LogP contribution in [0.2, 0.25) is 0 Å². The summed E-state index contributed by atoms with van der Waals surface area (Å²) >= 11 is 0. The first-order valence-electron chi connectivity index (χ1n) is 6.05. The number of carboxylic acids is 1. The lowest BCUT2D eigenvalue weighted by molar-refractivity contribution is -0.140. The highest BCUT2D eigenvalue weighted by Gasteiger charge is 2.65. The van der Waals surface area contributed by atoms with Crippen molar-refractivity contribution in [3.05, 3.63) is 29.6 Å². The SMILES string of the molecule is Cc1ccc(F)c(NC(=O)[C@@H]2[C@H](C(=O)O)C2(C)C)c1. The molecule has 0 saturated heterocycles. The number of hydrogen-bond acceptors (Lipinski definition) is 2. The van der Waals surface area contributed by atoms with E-state index in [4.69, 9.17) is 5.11 Å². The van der Waals surface area contributed by atoms with E-state index in [2.05, 4.69) is 5.32 Å². The van der Waals surface area contributed by atoms with Crippen molar-refractivity contribution >= 4 is 17.6 Å². The average Bonchev–Trinajstić information content (AvgIpc) is 2.87. The molecule has 1 aliphatic rings. The van der Waals surface area contributed by atoms with Crippen LogP contribution >= 0.6 is 0 Å². The van der Waals surface area contributed by atoms with E-state index >= 15 is 0 Å². The molecule has 0 unspecified atom stereocenters. The quantitative estimate of drug-likeness (QED) is 0.882. The summed E-state index contributed by atoms with van der Waals surface area (Å²) in [5, 5.41) is 11.5. The highest BCUT2D eigenvalue weighted by atomic mass is 19.1. The van der Waals surface area contributed by atoms with Gasteiger partial charge in [-0.2, -0.15) is 0 Å². The molecule has 0 radical (unpaired) electrons. The van der Waals surface area contributed by atoms with Crippen molar-refractivity contribution in [2.24, 2.45) is 17.3 Å². The van der Waals surface area contributed by atoms with E-state index in [-0.39, 0.29) is 5.69 Å². The van der Waals surface area contributed by atoms with Crippen molar-refractivity contribution < 1.29 is 19.1 Å². The second kappa shape index (κ2) is 4.33. The molecule has 2 N–H and O–H groups in total. The number of aryl methyl sites for hydroxylation is 1. The fraction of sp³-hybridized carbons (Fsp3) is 0.429. The monoisotopic (exact) mass is 265 g/mol. The normalized spacial score (nSPS) is 23.8. The minimum atomic E-state index is -0.991. The van der Waals surface area contributed by atoms with Gasteiger partial charge in [0.1, 0.15) is 5.82 Å². The van der Waals surface area contributed by atoms with Gasteiger partial charge in [0.15, 0.2) is 0 Å². The molecular formula is C14H16FNO3. The molecule has 0 aliphatic heterocycles. The van der Waals surface area contributed by atoms with Crippen molar-refractivity contribution in [2.75, 3.05) is 5.32 Å². The molecule has 0 bridgehead atoms. The Morgan fingerprint density at radius 1 is 1.32 bits per heavy atom. The number of rotatable bonds is 3. The average molecular weight is 265 g/mol. The number of carbonyl (C=O) groups is 2. The number of aliphatic carboxylic acids is 1. The molecule has 2 atom stereocenters. The zero-order valence-corrected chi connectivity index (χ0v) is 11.0. The molecule has 0 aromatic heterocycles. The molecule has 4 nitrogen and oxygen atoms in total. The molecule has 1 saturated carbocycles. The maximum absolute atomic E-state index is 13.5. The summed E-state index contributed by atoms with van der Waals surface area (Å²) in [6.07, 6.45) is 0. The van der Waals surface area contributed by atoms with Crippen molar-refractivity contribution in [2.45, 2.75) is 20.8 Å². The topological polar surface area (TPSA) is 66.4 Å². The summed E-state index contributed by atoms with van der Waals surface area (Å²) in [6.45, 7) is 5.24. The Kier molecular flexibility index (Phi) is 3.08. The molecule has 1 aromatic rings. The summed E-state index contributed by atoms with van der Waals surface area (Å²) in [5.74, 6) is -3.29. The van der Waals surface area contributed by atoms with Crippen molar-refractivity contribution in [1.82, 2.24) is 0 Å². The number of carbonyl (C=O) groups excluding carboxylic acids is 1. The standard InChI is InChI=1S/C14H16FNO3/c1-7-4-5-8(15)9(6-7)16-12(17)10-11(13(18)19)14(10,2)3/h4-6,10-11H,1-3H3,(H,16,17)(H,18,19)/t10-,11+/m0/s1. The number of amides is 1. The van der Waals surface area contributed by atoms with Gasteiger partial charge in [-0.15, -0.1) is 0 Å². The van der Waals surface area contributed by atoms with E-state index in [9.17, 15) is 14.0 Å². The first-order valence-corrected chi connectivity index (χ1v) is 6.05. The smallest absolute Gasteiger partial charge is 0.307 e. The molecule has 1 aliphatic carbocycles. The van der Waals surface area contributed by atoms with Crippen LogP contribution in [-0.4, -0.2) is 17.0 Å². The van der Waals surface area contributed by atoms with E-state index in [1.807, 2.05) is 0 Å². The van der Waals surface area contributed by atoms with Gasteiger partial charge in [-0.25, -0.2) is 4.39 Å². The Morgan fingerprint density at radius 2 is 1.95 bits per heavy atom. The van der Waals surface area contributed by atoms with E-state index in [1.165, 1.54) is 12.1 Å². The first kappa shape index (κ1) is 13.5. The number of nitrogens with one attached hydrogen (secondary N) is 1. The number of halogens is 1. The molecule has 1 amide bonds. The van der Waals surface area contributed by atoms with E-state index in [0.29, 0.717) is 0 Å². The van der Waals surface area contributed by atoms with Gasteiger partial charge in [0.2, 0.25) is 5.91 Å². The van der Waals surface area contributed by atoms with Crippen LogP contribution in [0.3, 0.4) is 0 Å².